The summed E-state index contributed by atoms with van der Waals surface area (Å²) in [4.78, 5) is 8.57. The van der Waals surface area contributed by atoms with Gasteiger partial charge in [0.25, 0.3) is 0 Å². The lowest BCUT2D eigenvalue weighted by molar-refractivity contribution is 0.720. The van der Waals surface area contributed by atoms with Gasteiger partial charge in [-0.1, -0.05) is 35.3 Å². The van der Waals surface area contributed by atoms with Gasteiger partial charge < -0.3 is 5.73 Å². The molecule has 102 valence electrons. The number of anilines is 1. The molecule has 20 heavy (non-hydrogen) atoms. The number of aryl methyl sites for hydroxylation is 2. The molecule has 6 heteroatoms. The maximum atomic E-state index is 5.94. The van der Waals surface area contributed by atoms with Crippen molar-refractivity contribution in [2.75, 3.05) is 5.73 Å². The van der Waals surface area contributed by atoms with Crippen LogP contribution in [-0.2, 0) is 13.0 Å². The number of nitrogens with two attached hydrogens (primary N) is 1. The van der Waals surface area contributed by atoms with E-state index in [0.717, 1.165) is 17.1 Å². The molecule has 1 aromatic carbocycles. The Bertz CT molecular complexity index is 750. The average molecular weight is 307 g/mol. The summed E-state index contributed by atoms with van der Waals surface area (Å²) >= 11 is 11.8. The van der Waals surface area contributed by atoms with E-state index in [2.05, 4.69) is 9.97 Å². The van der Waals surface area contributed by atoms with E-state index in [1.165, 1.54) is 5.56 Å². The van der Waals surface area contributed by atoms with E-state index in [4.69, 9.17) is 28.9 Å². The molecule has 0 aliphatic carbocycles. The molecule has 3 rings (SSSR count). The van der Waals surface area contributed by atoms with E-state index in [-0.39, 0.29) is 0 Å². The molecule has 2 aromatic heterocycles. The van der Waals surface area contributed by atoms with Crippen molar-refractivity contribution in [3.05, 3.63) is 52.1 Å². The summed E-state index contributed by atoms with van der Waals surface area (Å²) in [5.41, 5.74) is 8.59. The van der Waals surface area contributed by atoms with Crippen molar-refractivity contribution < 1.29 is 0 Å². The number of nitrogen functional groups attached to an aromatic ring is 1. The van der Waals surface area contributed by atoms with E-state index < -0.39 is 0 Å². The lowest BCUT2D eigenvalue weighted by atomic mass is 10.1. The highest BCUT2D eigenvalue weighted by atomic mass is 35.5. The molecule has 0 bridgehead atoms. The normalized spacial score (nSPS) is 11.1. The quantitative estimate of drug-likeness (QED) is 0.805. The number of aromatic nitrogens is 3. The van der Waals surface area contributed by atoms with Crippen LogP contribution < -0.4 is 5.73 Å². The van der Waals surface area contributed by atoms with Crippen molar-refractivity contribution >= 4 is 40.3 Å². The van der Waals surface area contributed by atoms with E-state index >= 15 is 0 Å². The number of imidazole rings is 1. The van der Waals surface area contributed by atoms with Gasteiger partial charge in [0.15, 0.2) is 5.65 Å². The Morgan fingerprint density at radius 1 is 1.10 bits per heavy atom. The van der Waals surface area contributed by atoms with Crippen LogP contribution in [0.4, 0.5) is 5.95 Å². The molecule has 0 saturated carbocycles. The Labute approximate surface area is 126 Å². The Kier molecular flexibility index (Phi) is 3.51. The second-order valence-electron chi connectivity index (χ2n) is 4.49. The Morgan fingerprint density at radius 3 is 2.60 bits per heavy atom. The lowest BCUT2D eigenvalue weighted by Gasteiger charge is -2.06. The summed E-state index contributed by atoms with van der Waals surface area (Å²) in [6.07, 6.45) is 2.43. The maximum absolute atomic E-state index is 5.94. The smallest absolute Gasteiger partial charge is 0.202 e. The third-order valence-electron chi connectivity index (χ3n) is 3.12. The van der Waals surface area contributed by atoms with Crippen molar-refractivity contribution in [2.45, 2.75) is 13.0 Å². The third-order valence-corrected chi connectivity index (χ3v) is 3.58. The van der Waals surface area contributed by atoms with Crippen LogP contribution in [-0.4, -0.2) is 14.5 Å². The van der Waals surface area contributed by atoms with Crippen LogP contribution in [0.2, 0.25) is 10.0 Å². The number of rotatable bonds is 3. The van der Waals surface area contributed by atoms with Crippen molar-refractivity contribution in [3.8, 4) is 0 Å². The summed E-state index contributed by atoms with van der Waals surface area (Å²) in [6.45, 7) is 0.707. The molecule has 0 fully saturated rings. The predicted octanol–water partition coefficient (Wildman–Crippen LogP) is 3.56. The minimum atomic E-state index is 0.448. The van der Waals surface area contributed by atoms with Crippen LogP contribution >= 0.6 is 23.2 Å². The first-order chi connectivity index (χ1) is 9.63. The first kappa shape index (κ1) is 13.2. The fourth-order valence-corrected chi connectivity index (χ4v) is 2.39. The molecule has 0 atom stereocenters. The molecule has 0 radical (unpaired) electrons. The number of hydrogen-bond donors (Lipinski definition) is 1. The molecule has 3 aromatic rings. The van der Waals surface area contributed by atoms with E-state index in [0.29, 0.717) is 23.0 Å². The summed E-state index contributed by atoms with van der Waals surface area (Å²) in [7, 11) is 0. The van der Waals surface area contributed by atoms with Gasteiger partial charge in [0, 0.05) is 17.8 Å². The van der Waals surface area contributed by atoms with Crippen LogP contribution in [0, 0.1) is 0 Å². The molecular weight excluding hydrogens is 295 g/mol. The second-order valence-corrected chi connectivity index (χ2v) is 5.37. The van der Waals surface area contributed by atoms with Crippen molar-refractivity contribution in [2.24, 2.45) is 0 Å². The number of fused-ring (bicyclic) bond motifs is 1. The van der Waals surface area contributed by atoms with Crippen LogP contribution in [0.25, 0.3) is 11.2 Å². The van der Waals surface area contributed by atoms with Crippen LogP contribution in [0.15, 0.2) is 36.5 Å². The van der Waals surface area contributed by atoms with Crippen LogP contribution in [0.1, 0.15) is 5.56 Å². The Morgan fingerprint density at radius 2 is 1.85 bits per heavy atom. The molecule has 0 saturated heterocycles. The summed E-state index contributed by atoms with van der Waals surface area (Å²) < 4.78 is 1.89. The van der Waals surface area contributed by atoms with Gasteiger partial charge >= 0.3 is 0 Å². The van der Waals surface area contributed by atoms with Gasteiger partial charge in [-0.3, -0.25) is 4.57 Å². The van der Waals surface area contributed by atoms with Gasteiger partial charge in [0.05, 0.1) is 5.02 Å². The number of hydrogen-bond acceptors (Lipinski definition) is 3. The topological polar surface area (TPSA) is 56.7 Å². The lowest BCUT2D eigenvalue weighted by Crippen LogP contribution is -2.06. The van der Waals surface area contributed by atoms with E-state index in [1.54, 1.807) is 12.3 Å². The highest BCUT2D eigenvalue weighted by molar-refractivity contribution is 6.31. The van der Waals surface area contributed by atoms with Gasteiger partial charge in [-0.05, 0) is 30.2 Å². The molecule has 0 amide bonds. The largest absolute Gasteiger partial charge is 0.369 e. The molecule has 2 heterocycles. The van der Waals surface area contributed by atoms with Crippen LogP contribution in [0.5, 0.6) is 0 Å². The number of halogens is 2. The molecule has 0 aliphatic rings. The standard InChI is InChI=1S/C14H12Cl2N4/c15-10-3-1-9(2-4-10)5-6-20-13-12(19-14(20)17)7-11(16)8-18-13/h1-4,7-8H,5-6H2,(H2,17,19). The summed E-state index contributed by atoms with van der Waals surface area (Å²) in [5, 5.41) is 1.29. The summed E-state index contributed by atoms with van der Waals surface area (Å²) in [6, 6.07) is 9.53. The fraction of sp³-hybridized carbons (Fsp3) is 0.143. The molecule has 0 spiro atoms. The zero-order valence-electron chi connectivity index (χ0n) is 10.6. The highest BCUT2D eigenvalue weighted by Crippen LogP contribution is 2.20. The van der Waals surface area contributed by atoms with Crippen molar-refractivity contribution in [3.63, 3.8) is 0 Å². The molecule has 4 nitrogen and oxygen atoms in total. The van der Waals surface area contributed by atoms with Gasteiger partial charge in [-0.15, -0.1) is 0 Å². The highest BCUT2D eigenvalue weighted by Gasteiger charge is 2.09. The number of benzene rings is 1. The first-order valence-corrected chi connectivity index (χ1v) is 6.91. The van der Waals surface area contributed by atoms with Crippen molar-refractivity contribution in [1.82, 2.24) is 14.5 Å². The van der Waals surface area contributed by atoms with Gasteiger partial charge in [0.2, 0.25) is 5.95 Å². The summed E-state index contributed by atoms with van der Waals surface area (Å²) in [5.74, 6) is 0.448. The molecule has 0 unspecified atom stereocenters. The SMILES string of the molecule is Nc1nc2cc(Cl)cnc2n1CCc1ccc(Cl)cc1. The minimum Gasteiger partial charge on any atom is -0.369 e. The van der Waals surface area contributed by atoms with Crippen LogP contribution in [0.3, 0.4) is 0 Å². The van der Waals surface area contributed by atoms with Gasteiger partial charge in [-0.25, -0.2) is 9.97 Å². The first-order valence-electron chi connectivity index (χ1n) is 6.15. The van der Waals surface area contributed by atoms with Crippen molar-refractivity contribution in [1.29, 1.82) is 0 Å². The maximum Gasteiger partial charge on any atom is 0.202 e. The zero-order chi connectivity index (χ0) is 14.1. The minimum absolute atomic E-state index is 0.448. The Hall–Kier alpha value is -1.78. The third kappa shape index (κ3) is 2.57. The Balaban J connectivity index is 1.87. The second kappa shape index (κ2) is 5.31. The number of nitrogens with zero attached hydrogens (tertiary/aromatic N) is 3. The monoisotopic (exact) mass is 306 g/mol. The van der Waals surface area contributed by atoms with E-state index in [1.807, 2.05) is 28.8 Å². The van der Waals surface area contributed by atoms with Gasteiger partial charge in [0.1, 0.15) is 5.52 Å². The molecular formula is C14H12Cl2N4. The predicted molar refractivity (Wildman–Crippen MR) is 82.1 cm³/mol. The number of pyridine rings is 1. The van der Waals surface area contributed by atoms with Gasteiger partial charge in [-0.2, -0.15) is 0 Å². The van der Waals surface area contributed by atoms with E-state index in [9.17, 15) is 0 Å². The molecule has 0 aliphatic heterocycles. The average Bonchev–Trinajstić information content (AvgIpc) is 2.73. The zero-order valence-corrected chi connectivity index (χ0v) is 12.1. The fourth-order valence-electron chi connectivity index (χ4n) is 2.12. The molecule has 2 N–H and O–H groups in total.